The molecule has 0 saturated heterocycles. The molecule has 0 unspecified atom stereocenters. The number of hydrogen-bond acceptors (Lipinski definition) is 5. The zero-order chi connectivity index (χ0) is 20.6. The van der Waals surface area contributed by atoms with Crippen LogP contribution in [-0.2, 0) is 19.5 Å². The summed E-state index contributed by atoms with van der Waals surface area (Å²) in [5, 5.41) is 0. The van der Waals surface area contributed by atoms with Crippen molar-refractivity contribution in [3.63, 3.8) is 0 Å². The Bertz CT molecular complexity index is 999. The first-order valence-corrected chi connectivity index (χ1v) is 10.2. The van der Waals surface area contributed by atoms with Crippen LogP contribution in [0.4, 0.5) is 0 Å². The third-order valence-electron chi connectivity index (χ3n) is 4.98. The van der Waals surface area contributed by atoms with Crippen LogP contribution in [0.1, 0.15) is 41.4 Å². The van der Waals surface area contributed by atoms with E-state index in [1.165, 1.54) is 0 Å². The van der Waals surface area contributed by atoms with Crippen LogP contribution in [0.15, 0.2) is 91.4 Å². The number of aryl methyl sites for hydroxylation is 1. The van der Waals surface area contributed by atoms with Crippen LogP contribution >= 0.6 is 0 Å². The van der Waals surface area contributed by atoms with Crippen molar-refractivity contribution in [2.75, 3.05) is 0 Å². The Balaban J connectivity index is 1.76. The topological polar surface area (TPSA) is 54.8 Å². The second-order valence-corrected chi connectivity index (χ2v) is 7.11. The van der Waals surface area contributed by atoms with Crippen LogP contribution in [0.2, 0.25) is 0 Å². The summed E-state index contributed by atoms with van der Waals surface area (Å²) in [6, 6.07) is 24.2. The highest BCUT2D eigenvalue weighted by atomic mass is 15.2. The zero-order valence-corrected chi connectivity index (χ0v) is 17.1. The van der Waals surface area contributed by atoms with Gasteiger partial charge in [0.25, 0.3) is 0 Å². The van der Waals surface area contributed by atoms with E-state index in [0.29, 0.717) is 13.1 Å². The third-order valence-corrected chi connectivity index (χ3v) is 4.98. The van der Waals surface area contributed by atoms with E-state index in [2.05, 4.69) is 63.2 Å². The SMILES string of the molecule is CCc1cccc(CN(Cc2ccccn2)C(c2ccccn2)c2ccccn2)n1. The van der Waals surface area contributed by atoms with Gasteiger partial charge in [0.15, 0.2) is 0 Å². The monoisotopic (exact) mass is 395 g/mol. The number of aromatic nitrogens is 4. The number of nitrogens with zero attached hydrogens (tertiary/aromatic N) is 5. The van der Waals surface area contributed by atoms with Crippen molar-refractivity contribution >= 4 is 0 Å². The summed E-state index contributed by atoms with van der Waals surface area (Å²) in [7, 11) is 0. The lowest BCUT2D eigenvalue weighted by Crippen LogP contribution is -2.31. The molecule has 0 N–H and O–H groups in total. The van der Waals surface area contributed by atoms with Crippen molar-refractivity contribution in [3.8, 4) is 0 Å². The molecule has 0 aromatic carbocycles. The second-order valence-electron chi connectivity index (χ2n) is 7.11. The van der Waals surface area contributed by atoms with E-state index < -0.39 is 0 Å². The van der Waals surface area contributed by atoms with Gasteiger partial charge in [-0.1, -0.05) is 31.2 Å². The summed E-state index contributed by atoms with van der Waals surface area (Å²) in [4.78, 5) is 21.1. The van der Waals surface area contributed by atoms with Crippen LogP contribution in [0, 0.1) is 0 Å². The predicted octanol–water partition coefficient (Wildman–Crippen LogP) is 4.62. The summed E-state index contributed by atoms with van der Waals surface area (Å²) in [5.41, 5.74) is 5.04. The van der Waals surface area contributed by atoms with Gasteiger partial charge in [0.2, 0.25) is 0 Å². The van der Waals surface area contributed by atoms with Crippen molar-refractivity contribution < 1.29 is 0 Å². The molecule has 4 aromatic rings. The maximum atomic E-state index is 4.84. The van der Waals surface area contributed by atoms with Gasteiger partial charge in [0, 0.05) is 37.4 Å². The minimum Gasteiger partial charge on any atom is -0.278 e. The van der Waals surface area contributed by atoms with Gasteiger partial charge in [-0.05, 0) is 55.0 Å². The summed E-state index contributed by atoms with van der Waals surface area (Å²) in [6.07, 6.45) is 6.42. The summed E-state index contributed by atoms with van der Waals surface area (Å²) in [6.45, 7) is 3.46. The molecular weight excluding hydrogens is 370 g/mol. The molecule has 5 heteroatoms. The first-order chi connectivity index (χ1) is 14.8. The lowest BCUT2D eigenvalue weighted by Gasteiger charge is -2.30. The lowest BCUT2D eigenvalue weighted by molar-refractivity contribution is 0.195. The van der Waals surface area contributed by atoms with Gasteiger partial charge in [0.1, 0.15) is 0 Å². The van der Waals surface area contributed by atoms with E-state index in [0.717, 1.165) is 34.9 Å². The summed E-state index contributed by atoms with van der Waals surface area (Å²) < 4.78 is 0. The highest BCUT2D eigenvalue weighted by molar-refractivity contribution is 5.23. The van der Waals surface area contributed by atoms with E-state index in [9.17, 15) is 0 Å². The van der Waals surface area contributed by atoms with Gasteiger partial charge >= 0.3 is 0 Å². The molecule has 0 fully saturated rings. The fourth-order valence-electron chi connectivity index (χ4n) is 3.56. The molecule has 0 radical (unpaired) electrons. The Hall–Kier alpha value is -3.44. The third kappa shape index (κ3) is 4.93. The van der Waals surface area contributed by atoms with Crippen LogP contribution in [-0.4, -0.2) is 24.8 Å². The Morgan fingerprint density at radius 3 is 1.77 bits per heavy atom. The minimum atomic E-state index is -0.110. The van der Waals surface area contributed by atoms with Crippen molar-refractivity contribution in [2.45, 2.75) is 32.5 Å². The molecule has 4 heterocycles. The highest BCUT2D eigenvalue weighted by Crippen LogP contribution is 2.28. The molecule has 150 valence electrons. The van der Waals surface area contributed by atoms with E-state index >= 15 is 0 Å². The average Bonchev–Trinajstić information content (AvgIpc) is 2.81. The van der Waals surface area contributed by atoms with E-state index in [-0.39, 0.29) is 6.04 Å². The van der Waals surface area contributed by atoms with Gasteiger partial charge in [-0.25, -0.2) is 0 Å². The quantitative estimate of drug-likeness (QED) is 0.436. The minimum absolute atomic E-state index is 0.110. The molecular formula is C25H25N5. The Morgan fingerprint density at radius 2 is 1.20 bits per heavy atom. The van der Waals surface area contributed by atoms with Crippen LogP contribution < -0.4 is 0 Å². The number of rotatable bonds is 8. The number of hydrogen-bond donors (Lipinski definition) is 0. The van der Waals surface area contributed by atoms with Gasteiger partial charge in [-0.3, -0.25) is 24.8 Å². The van der Waals surface area contributed by atoms with Gasteiger partial charge in [-0.15, -0.1) is 0 Å². The van der Waals surface area contributed by atoms with Crippen molar-refractivity contribution in [1.29, 1.82) is 0 Å². The average molecular weight is 396 g/mol. The Kier molecular flexibility index (Phi) is 6.52. The van der Waals surface area contributed by atoms with E-state index in [1.807, 2.05) is 55.0 Å². The normalized spacial score (nSPS) is 11.2. The number of pyridine rings is 4. The van der Waals surface area contributed by atoms with Crippen LogP contribution in [0.25, 0.3) is 0 Å². The van der Waals surface area contributed by atoms with Crippen LogP contribution in [0.5, 0.6) is 0 Å². The van der Waals surface area contributed by atoms with E-state index in [1.54, 1.807) is 0 Å². The molecule has 5 nitrogen and oxygen atoms in total. The van der Waals surface area contributed by atoms with Crippen molar-refractivity contribution in [1.82, 2.24) is 24.8 Å². The van der Waals surface area contributed by atoms with Crippen molar-refractivity contribution in [2.24, 2.45) is 0 Å². The smallest absolute Gasteiger partial charge is 0.0956 e. The van der Waals surface area contributed by atoms with E-state index in [4.69, 9.17) is 4.98 Å². The first-order valence-electron chi connectivity index (χ1n) is 10.2. The molecule has 0 atom stereocenters. The van der Waals surface area contributed by atoms with Crippen LogP contribution in [0.3, 0.4) is 0 Å². The fourth-order valence-corrected chi connectivity index (χ4v) is 3.56. The zero-order valence-electron chi connectivity index (χ0n) is 17.1. The Morgan fingerprint density at radius 1 is 0.633 bits per heavy atom. The second kappa shape index (κ2) is 9.85. The molecule has 0 bridgehead atoms. The lowest BCUT2D eigenvalue weighted by atomic mass is 10.1. The predicted molar refractivity (Wildman–Crippen MR) is 117 cm³/mol. The summed E-state index contributed by atoms with van der Waals surface area (Å²) in [5.74, 6) is 0. The molecule has 0 saturated carbocycles. The standard InChI is InChI=1S/C25H25N5/c1-2-20-11-9-12-22(29-20)19-30(18-21-10-3-6-15-26-21)25(23-13-4-7-16-27-23)24-14-5-8-17-28-24/h3-17,25H,2,18-19H2,1H3. The largest absolute Gasteiger partial charge is 0.278 e. The first kappa shape index (κ1) is 19.9. The summed E-state index contributed by atoms with van der Waals surface area (Å²) >= 11 is 0. The molecule has 4 aromatic heterocycles. The molecule has 0 aliphatic rings. The molecule has 0 amide bonds. The molecule has 0 aliphatic heterocycles. The van der Waals surface area contributed by atoms with Crippen molar-refractivity contribution in [3.05, 3.63) is 120 Å². The fraction of sp³-hybridized carbons (Fsp3) is 0.200. The molecule has 0 spiro atoms. The Labute approximate surface area is 177 Å². The highest BCUT2D eigenvalue weighted by Gasteiger charge is 2.26. The molecule has 4 rings (SSSR count). The van der Waals surface area contributed by atoms with Gasteiger partial charge in [0.05, 0.1) is 28.8 Å². The molecule has 0 aliphatic carbocycles. The van der Waals surface area contributed by atoms with Gasteiger partial charge in [-0.2, -0.15) is 0 Å². The maximum Gasteiger partial charge on any atom is 0.0956 e. The maximum absolute atomic E-state index is 4.84. The van der Waals surface area contributed by atoms with Gasteiger partial charge < -0.3 is 0 Å². The molecule has 30 heavy (non-hydrogen) atoms.